The molecule has 1 aliphatic carbocycles. The van der Waals surface area contributed by atoms with Gasteiger partial charge in [0.05, 0.1) is 18.2 Å². The summed E-state index contributed by atoms with van der Waals surface area (Å²) in [6.07, 6.45) is 2.07. The van der Waals surface area contributed by atoms with Crippen LogP contribution in [0.5, 0.6) is 0 Å². The van der Waals surface area contributed by atoms with Gasteiger partial charge < -0.3 is 19.7 Å². The molecule has 5 nitrogen and oxygen atoms in total. The molecule has 3 rings (SSSR count). The molecule has 0 unspecified atom stereocenters. The summed E-state index contributed by atoms with van der Waals surface area (Å²) in [5.41, 5.74) is 1.86. The van der Waals surface area contributed by atoms with Crippen molar-refractivity contribution < 1.29 is 18.7 Å². The molecule has 1 fully saturated rings. The number of carbonyl (C=O) groups excluding carboxylic acids is 1. The largest absolute Gasteiger partial charge is 0.460 e. The van der Waals surface area contributed by atoms with Crippen molar-refractivity contribution in [3.63, 3.8) is 0 Å². The first-order valence-electron chi connectivity index (χ1n) is 8.25. The maximum Gasteiger partial charge on any atom is 0.338 e. The van der Waals surface area contributed by atoms with Gasteiger partial charge in [-0.15, -0.1) is 0 Å². The standard InChI is InChI=1S/C18H21FN2O3S/c1-11-15(17(22)24-9-8-23-2)16(12-4-3-5-13(19)10-12)20-18(25)21(11)14-6-7-14/h3-5,10,14,16H,6-9H2,1-2H3,(H,20,25)/t16-/m1/s1. The van der Waals surface area contributed by atoms with Crippen LogP contribution in [0, 0.1) is 5.82 Å². The molecule has 1 aromatic carbocycles. The smallest absolute Gasteiger partial charge is 0.338 e. The number of hydrogen-bond acceptors (Lipinski definition) is 4. The summed E-state index contributed by atoms with van der Waals surface area (Å²) in [6, 6.07) is 5.94. The summed E-state index contributed by atoms with van der Waals surface area (Å²) >= 11 is 5.49. The van der Waals surface area contributed by atoms with Gasteiger partial charge in [0.15, 0.2) is 5.11 Å². The van der Waals surface area contributed by atoms with Gasteiger partial charge in [-0.05, 0) is 49.7 Å². The molecule has 0 aromatic heterocycles. The first kappa shape index (κ1) is 17.8. The molecule has 1 aromatic rings. The van der Waals surface area contributed by atoms with Crippen LogP contribution in [-0.2, 0) is 14.3 Å². The van der Waals surface area contributed by atoms with Crippen molar-refractivity contribution >= 4 is 23.3 Å². The maximum absolute atomic E-state index is 13.7. The van der Waals surface area contributed by atoms with Gasteiger partial charge in [-0.1, -0.05) is 12.1 Å². The molecule has 1 saturated carbocycles. The van der Waals surface area contributed by atoms with E-state index in [2.05, 4.69) is 5.32 Å². The maximum atomic E-state index is 13.7. The Kier molecular flexibility index (Phi) is 5.34. The third-order valence-corrected chi connectivity index (χ3v) is 4.68. The second-order valence-corrected chi connectivity index (χ2v) is 6.55. The topological polar surface area (TPSA) is 50.8 Å². The van der Waals surface area contributed by atoms with Crippen molar-refractivity contribution in [2.24, 2.45) is 0 Å². The van der Waals surface area contributed by atoms with Crippen molar-refractivity contribution in [3.05, 3.63) is 46.9 Å². The normalized spacial score (nSPS) is 20.5. The number of esters is 1. The number of nitrogens with zero attached hydrogens (tertiary/aromatic N) is 1. The van der Waals surface area contributed by atoms with Gasteiger partial charge >= 0.3 is 5.97 Å². The monoisotopic (exact) mass is 364 g/mol. The Labute approximate surface area is 151 Å². The van der Waals surface area contributed by atoms with Crippen LogP contribution in [0.4, 0.5) is 4.39 Å². The molecule has 7 heteroatoms. The lowest BCUT2D eigenvalue weighted by atomic mass is 9.95. The number of methoxy groups -OCH3 is 1. The van der Waals surface area contributed by atoms with Gasteiger partial charge in [-0.2, -0.15) is 0 Å². The predicted octanol–water partition coefficient (Wildman–Crippen LogP) is 2.68. The molecule has 25 heavy (non-hydrogen) atoms. The summed E-state index contributed by atoms with van der Waals surface area (Å²) in [5.74, 6) is -0.802. The average Bonchev–Trinajstić information content (AvgIpc) is 3.39. The Morgan fingerprint density at radius 1 is 1.40 bits per heavy atom. The Bertz CT molecular complexity index is 718. The van der Waals surface area contributed by atoms with Crippen LogP contribution in [0.25, 0.3) is 0 Å². The van der Waals surface area contributed by atoms with Crippen molar-refractivity contribution in [1.82, 2.24) is 10.2 Å². The van der Waals surface area contributed by atoms with Crippen molar-refractivity contribution in [1.29, 1.82) is 0 Å². The number of hydrogen-bond donors (Lipinski definition) is 1. The second-order valence-electron chi connectivity index (χ2n) is 6.17. The van der Waals surface area contributed by atoms with Gasteiger partial charge in [0.2, 0.25) is 0 Å². The SMILES string of the molecule is COCCOC(=O)C1=C(C)N(C2CC2)C(=S)N[C@@H]1c1cccc(F)c1. The van der Waals surface area contributed by atoms with E-state index in [0.717, 1.165) is 18.5 Å². The van der Waals surface area contributed by atoms with Crippen molar-refractivity contribution in [2.45, 2.75) is 31.8 Å². The quantitative estimate of drug-likeness (QED) is 0.476. The molecule has 1 atom stereocenters. The van der Waals surface area contributed by atoms with Crippen LogP contribution in [-0.4, -0.2) is 42.3 Å². The highest BCUT2D eigenvalue weighted by atomic mass is 32.1. The highest BCUT2D eigenvalue weighted by molar-refractivity contribution is 7.80. The molecule has 1 aliphatic heterocycles. The zero-order valence-electron chi connectivity index (χ0n) is 14.3. The van der Waals surface area contributed by atoms with Crippen LogP contribution in [0.3, 0.4) is 0 Å². The minimum atomic E-state index is -0.534. The first-order chi connectivity index (χ1) is 12.0. The fourth-order valence-corrected chi connectivity index (χ4v) is 3.43. The van der Waals surface area contributed by atoms with Crippen molar-refractivity contribution in [3.8, 4) is 0 Å². The third kappa shape index (κ3) is 3.82. The van der Waals surface area contributed by atoms with E-state index >= 15 is 0 Å². The number of thiocarbonyl (C=S) groups is 1. The van der Waals surface area contributed by atoms with E-state index in [1.165, 1.54) is 12.1 Å². The van der Waals surface area contributed by atoms with Crippen LogP contribution < -0.4 is 5.32 Å². The average molecular weight is 364 g/mol. The minimum absolute atomic E-state index is 0.163. The van der Waals surface area contributed by atoms with Gasteiger partial charge in [0.25, 0.3) is 0 Å². The van der Waals surface area contributed by atoms with Gasteiger partial charge in [0.1, 0.15) is 12.4 Å². The van der Waals surface area contributed by atoms with Gasteiger partial charge in [-0.3, -0.25) is 0 Å². The van der Waals surface area contributed by atoms with E-state index in [0.29, 0.717) is 28.9 Å². The lowest BCUT2D eigenvalue weighted by Gasteiger charge is -2.37. The highest BCUT2D eigenvalue weighted by Crippen LogP contribution is 2.38. The molecule has 0 bridgehead atoms. The fraction of sp³-hybridized carbons (Fsp3) is 0.444. The molecule has 0 amide bonds. The number of ether oxygens (including phenoxy) is 2. The molecule has 1 N–H and O–H groups in total. The zero-order chi connectivity index (χ0) is 18.0. The minimum Gasteiger partial charge on any atom is -0.460 e. The number of rotatable bonds is 6. The van der Waals surface area contributed by atoms with Gasteiger partial charge in [0, 0.05) is 18.8 Å². The summed E-state index contributed by atoms with van der Waals surface area (Å²) in [5, 5.41) is 3.74. The van der Waals surface area contributed by atoms with Crippen molar-refractivity contribution in [2.75, 3.05) is 20.3 Å². The molecule has 0 spiro atoms. The van der Waals surface area contributed by atoms with E-state index in [9.17, 15) is 9.18 Å². The lowest BCUT2D eigenvalue weighted by Crippen LogP contribution is -2.48. The molecule has 1 heterocycles. The van der Waals surface area contributed by atoms with Gasteiger partial charge in [-0.25, -0.2) is 9.18 Å². The molecule has 134 valence electrons. The second kappa shape index (κ2) is 7.49. The fourth-order valence-electron chi connectivity index (χ4n) is 3.03. The van der Waals surface area contributed by atoms with E-state index in [4.69, 9.17) is 21.7 Å². The summed E-state index contributed by atoms with van der Waals surface area (Å²) in [7, 11) is 1.54. The first-order valence-corrected chi connectivity index (χ1v) is 8.65. The van der Waals surface area contributed by atoms with E-state index in [-0.39, 0.29) is 12.4 Å². The Morgan fingerprint density at radius 3 is 2.80 bits per heavy atom. The van der Waals surface area contributed by atoms with E-state index in [1.54, 1.807) is 19.2 Å². The number of nitrogens with one attached hydrogen (secondary N) is 1. The van der Waals surface area contributed by atoms with E-state index in [1.807, 2.05) is 11.8 Å². The summed E-state index contributed by atoms with van der Waals surface area (Å²) < 4.78 is 24.0. The molecular weight excluding hydrogens is 343 g/mol. The van der Waals surface area contributed by atoms with Crippen LogP contribution in [0.15, 0.2) is 35.5 Å². The Hall–Kier alpha value is -1.99. The third-order valence-electron chi connectivity index (χ3n) is 4.36. The number of benzene rings is 1. The summed E-state index contributed by atoms with van der Waals surface area (Å²) in [4.78, 5) is 14.7. The summed E-state index contributed by atoms with van der Waals surface area (Å²) in [6.45, 7) is 2.35. The molecule has 0 radical (unpaired) electrons. The number of carbonyl (C=O) groups is 1. The van der Waals surface area contributed by atoms with Crippen LogP contribution in [0.2, 0.25) is 0 Å². The number of halogens is 1. The highest BCUT2D eigenvalue weighted by Gasteiger charge is 2.40. The van der Waals surface area contributed by atoms with Crippen LogP contribution in [0.1, 0.15) is 31.4 Å². The van der Waals surface area contributed by atoms with Crippen LogP contribution >= 0.6 is 12.2 Å². The molecule has 0 saturated heterocycles. The molecular formula is C18H21FN2O3S. The Morgan fingerprint density at radius 2 is 2.16 bits per heavy atom. The zero-order valence-corrected chi connectivity index (χ0v) is 15.1. The molecule has 2 aliphatic rings. The predicted molar refractivity (Wildman–Crippen MR) is 95.3 cm³/mol. The van der Waals surface area contributed by atoms with E-state index < -0.39 is 12.0 Å². The lowest BCUT2D eigenvalue weighted by molar-refractivity contribution is -0.140. The Balaban J connectivity index is 1.97. The number of allylic oxidation sites excluding steroid dienone is 1.